The molecule has 0 radical (unpaired) electrons. The van der Waals surface area contributed by atoms with Gasteiger partial charge >= 0.3 is 0 Å². The first-order chi connectivity index (χ1) is 17.6. The van der Waals surface area contributed by atoms with Crippen molar-refractivity contribution in [3.63, 3.8) is 0 Å². The fraction of sp³-hybridized carbons (Fsp3) is 0.370. The van der Waals surface area contributed by atoms with Crippen LogP contribution < -0.4 is 9.47 Å². The molecule has 0 N–H and O–H groups in total. The molecule has 1 amide bonds. The Balaban J connectivity index is 1.66. The van der Waals surface area contributed by atoms with Gasteiger partial charge in [-0.3, -0.25) is 4.79 Å². The number of benzene rings is 2. The average Bonchev–Trinajstić information content (AvgIpc) is 2.85. The highest BCUT2D eigenvalue weighted by molar-refractivity contribution is 9.10. The number of ether oxygens (including phenoxy) is 2. The summed E-state index contributed by atoms with van der Waals surface area (Å²) in [6, 6.07) is 7.77. The van der Waals surface area contributed by atoms with Gasteiger partial charge in [0, 0.05) is 20.0 Å². The van der Waals surface area contributed by atoms with Gasteiger partial charge in [0.15, 0.2) is 0 Å². The van der Waals surface area contributed by atoms with E-state index >= 15 is 0 Å². The maximum atomic E-state index is 13.4. The quantitative estimate of drug-likeness (QED) is 0.130. The molecule has 0 aliphatic carbocycles. The minimum absolute atomic E-state index is 0.319. The van der Waals surface area contributed by atoms with Gasteiger partial charge < -0.3 is 9.47 Å². The van der Waals surface area contributed by atoms with Crippen molar-refractivity contribution < 1.29 is 23.5 Å². The molecular weight excluding hydrogens is 543 g/mol. The number of methoxy groups -OCH3 is 1. The molecule has 0 unspecified atom stereocenters. The molecule has 0 spiro atoms. The summed E-state index contributed by atoms with van der Waals surface area (Å²) < 4.78 is 25.4. The summed E-state index contributed by atoms with van der Waals surface area (Å²) in [4.78, 5) is 25.5. The molecule has 0 saturated carbocycles. The zero-order chi connectivity index (χ0) is 27.0. The molecule has 3 aromatic rings. The van der Waals surface area contributed by atoms with Crippen LogP contribution in [-0.4, -0.2) is 52.9 Å². The van der Waals surface area contributed by atoms with E-state index in [0.29, 0.717) is 57.7 Å². The molecule has 37 heavy (non-hydrogen) atoms. The summed E-state index contributed by atoms with van der Waals surface area (Å²) in [6.45, 7) is 6.31. The van der Waals surface area contributed by atoms with Crippen molar-refractivity contribution in [2.24, 2.45) is 0 Å². The van der Waals surface area contributed by atoms with E-state index in [0.717, 1.165) is 12.8 Å². The number of hydrogen-bond acceptors (Lipinski definition) is 7. The predicted molar refractivity (Wildman–Crippen MR) is 142 cm³/mol. The Morgan fingerprint density at radius 3 is 2.59 bits per heavy atom. The van der Waals surface area contributed by atoms with Crippen LogP contribution in [0.5, 0.6) is 17.4 Å². The fourth-order valence-electron chi connectivity index (χ4n) is 3.33. The molecule has 2 aromatic carbocycles. The highest BCUT2D eigenvalue weighted by Gasteiger charge is 2.19. The highest BCUT2D eigenvalue weighted by atomic mass is 79.9. The van der Waals surface area contributed by atoms with Crippen LogP contribution in [0.2, 0.25) is 0 Å². The largest absolute Gasteiger partial charge is 0.495 e. The van der Waals surface area contributed by atoms with Crippen LogP contribution in [0.1, 0.15) is 45.6 Å². The standard InChI is InChI=1S/C27H30BrFN4O4/c1-27(2,3)37-33(18-34)32(4)13-9-7-6-8-10-19-14-23-21(16-25(19)35-5)26(31-17-30-23)36-24-12-11-20(29)15-22(24)28/h11-12,14-18H,6-7,9,13H2,1-5H3. The third-order valence-corrected chi connectivity index (χ3v) is 5.69. The first kappa shape index (κ1) is 28.3. The van der Waals surface area contributed by atoms with E-state index in [1.165, 1.54) is 29.7 Å². The van der Waals surface area contributed by atoms with Gasteiger partial charge in [0.2, 0.25) is 12.3 Å². The minimum Gasteiger partial charge on any atom is -0.495 e. The average molecular weight is 573 g/mol. The van der Waals surface area contributed by atoms with E-state index in [1.54, 1.807) is 25.2 Å². The SMILES string of the molecule is COc1cc2c(Oc3ccc(F)cc3Br)ncnc2cc1C#CCCCCN(C)N(C=O)OC(C)(C)C. The van der Waals surface area contributed by atoms with E-state index < -0.39 is 5.60 Å². The number of unbranched alkanes of at least 4 members (excludes halogenated alkanes) is 2. The Morgan fingerprint density at radius 2 is 1.92 bits per heavy atom. The smallest absolute Gasteiger partial charge is 0.249 e. The third kappa shape index (κ3) is 8.12. The number of amides is 1. The van der Waals surface area contributed by atoms with Crippen molar-refractivity contribution in [1.82, 2.24) is 20.1 Å². The molecule has 8 nitrogen and oxygen atoms in total. The highest BCUT2D eigenvalue weighted by Crippen LogP contribution is 2.34. The molecule has 10 heteroatoms. The van der Waals surface area contributed by atoms with Crippen LogP contribution in [0.25, 0.3) is 10.9 Å². The zero-order valence-electron chi connectivity index (χ0n) is 21.5. The van der Waals surface area contributed by atoms with Crippen molar-refractivity contribution in [2.45, 2.75) is 45.6 Å². The Kier molecular flexibility index (Phi) is 9.80. The summed E-state index contributed by atoms with van der Waals surface area (Å²) in [5.41, 5.74) is 0.878. The summed E-state index contributed by atoms with van der Waals surface area (Å²) in [5.74, 6) is 7.29. The van der Waals surface area contributed by atoms with E-state index in [4.69, 9.17) is 14.3 Å². The number of carbonyl (C=O) groups excluding carboxylic acids is 1. The van der Waals surface area contributed by atoms with E-state index in [1.807, 2.05) is 26.8 Å². The minimum atomic E-state index is -0.463. The first-order valence-corrected chi connectivity index (χ1v) is 12.5. The van der Waals surface area contributed by atoms with Crippen LogP contribution >= 0.6 is 15.9 Å². The van der Waals surface area contributed by atoms with Crippen molar-refractivity contribution >= 4 is 33.2 Å². The Morgan fingerprint density at radius 1 is 1.14 bits per heavy atom. The van der Waals surface area contributed by atoms with Crippen LogP contribution in [0, 0.1) is 17.7 Å². The Hall–Kier alpha value is -3.26. The third-order valence-electron chi connectivity index (χ3n) is 5.07. The number of fused-ring (bicyclic) bond motifs is 1. The van der Waals surface area contributed by atoms with Gasteiger partial charge in [-0.25, -0.2) is 19.2 Å². The van der Waals surface area contributed by atoms with Crippen molar-refractivity contribution in [2.75, 3.05) is 20.7 Å². The number of aromatic nitrogens is 2. The molecule has 0 saturated heterocycles. The number of nitrogens with zero attached hydrogens (tertiary/aromatic N) is 4. The molecule has 0 fully saturated rings. The molecular formula is C27H30BrFN4O4. The van der Waals surface area contributed by atoms with Crippen LogP contribution in [0.3, 0.4) is 0 Å². The van der Waals surface area contributed by atoms with Crippen LogP contribution in [0.4, 0.5) is 4.39 Å². The predicted octanol–water partition coefficient (Wildman–Crippen LogP) is 5.89. The number of hydrogen-bond donors (Lipinski definition) is 0. The van der Waals surface area contributed by atoms with Crippen molar-refractivity contribution in [3.05, 3.63) is 52.5 Å². The Bertz CT molecular complexity index is 1300. The van der Waals surface area contributed by atoms with Gasteiger partial charge in [0.05, 0.1) is 33.6 Å². The lowest BCUT2D eigenvalue weighted by Gasteiger charge is -2.32. The molecule has 1 aromatic heterocycles. The number of carbonyl (C=O) groups is 1. The molecule has 0 bridgehead atoms. The van der Waals surface area contributed by atoms with E-state index in [9.17, 15) is 9.18 Å². The summed E-state index contributed by atoms with van der Waals surface area (Å²) in [6.07, 6.45) is 4.43. The fourth-order valence-corrected chi connectivity index (χ4v) is 3.76. The molecule has 3 rings (SSSR count). The van der Waals surface area contributed by atoms with Gasteiger partial charge in [-0.2, -0.15) is 5.01 Å². The van der Waals surface area contributed by atoms with Crippen LogP contribution in [0.15, 0.2) is 41.1 Å². The van der Waals surface area contributed by atoms with Gasteiger partial charge in [-0.15, -0.1) is 5.17 Å². The summed E-state index contributed by atoms with van der Waals surface area (Å²) in [7, 11) is 3.38. The van der Waals surface area contributed by atoms with Crippen LogP contribution in [-0.2, 0) is 9.63 Å². The van der Waals surface area contributed by atoms with Crippen molar-refractivity contribution in [1.29, 1.82) is 0 Å². The number of hydroxylamine groups is 1. The second kappa shape index (κ2) is 12.8. The Labute approximate surface area is 224 Å². The lowest BCUT2D eigenvalue weighted by atomic mass is 10.1. The lowest BCUT2D eigenvalue weighted by molar-refractivity contribution is -0.293. The number of hydrazine groups is 1. The monoisotopic (exact) mass is 572 g/mol. The molecule has 196 valence electrons. The summed E-state index contributed by atoms with van der Waals surface area (Å²) in [5, 5.41) is 3.60. The maximum Gasteiger partial charge on any atom is 0.249 e. The van der Waals surface area contributed by atoms with Gasteiger partial charge in [0.25, 0.3) is 0 Å². The maximum absolute atomic E-state index is 13.4. The van der Waals surface area contributed by atoms with E-state index in [-0.39, 0.29) is 5.82 Å². The number of rotatable bonds is 10. The van der Waals surface area contributed by atoms with Gasteiger partial charge in [-0.05, 0) is 79.9 Å². The van der Waals surface area contributed by atoms with Crippen molar-refractivity contribution in [3.8, 4) is 29.2 Å². The zero-order valence-corrected chi connectivity index (χ0v) is 23.1. The molecule has 0 aliphatic heterocycles. The second-order valence-corrected chi connectivity index (χ2v) is 10.0. The van der Waals surface area contributed by atoms with Gasteiger partial charge in [-0.1, -0.05) is 11.8 Å². The second-order valence-electron chi connectivity index (χ2n) is 9.18. The number of halogens is 2. The molecule has 1 heterocycles. The first-order valence-electron chi connectivity index (χ1n) is 11.7. The summed E-state index contributed by atoms with van der Waals surface area (Å²) >= 11 is 3.31. The van der Waals surface area contributed by atoms with E-state index in [2.05, 4.69) is 37.7 Å². The molecule has 0 atom stereocenters. The topological polar surface area (TPSA) is 77.0 Å². The molecule has 0 aliphatic rings. The normalized spacial score (nSPS) is 11.2. The lowest BCUT2D eigenvalue weighted by Crippen LogP contribution is -2.44. The van der Waals surface area contributed by atoms with Gasteiger partial charge in [0.1, 0.15) is 23.6 Å².